The monoisotopic (exact) mass is 448 g/mol. The molecular weight excluding hydrogens is 420 g/mol. The maximum atomic E-state index is 12.8. The Morgan fingerprint density at radius 1 is 1.10 bits per heavy atom. The standard InChI is InChI=1S/C22H28N2O4S2/c1-17-3-5-19(6-4-17)28-16-13-23-22(25)18-11-14-24(15-12-18)30(26,27)21-9-7-20(29-2)8-10-21/h3-10,18H,11-16H2,1-2H3,(H,23,25). The van der Waals surface area contributed by atoms with E-state index in [1.807, 2.05) is 49.6 Å². The molecule has 0 bridgehead atoms. The van der Waals surface area contributed by atoms with Gasteiger partial charge in [0.15, 0.2) is 0 Å². The lowest BCUT2D eigenvalue weighted by molar-refractivity contribution is -0.126. The molecular formula is C22H28N2O4S2. The summed E-state index contributed by atoms with van der Waals surface area (Å²) in [6.07, 6.45) is 2.99. The van der Waals surface area contributed by atoms with Crippen molar-refractivity contribution in [1.29, 1.82) is 0 Å². The van der Waals surface area contributed by atoms with Gasteiger partial charge in [-0.1, -0.05) is 17.7 Å². The summed E-state index contributed by atoms with van der Waals surface area (Å²) in [5, 5.41) is 2.90. The molecule has 0 atom stereocenters. The van der Waals surface area contributed by atoms with Crippen molar-refractivity contribution in [3.05, 3.63) is 54.1 Å². The number of ether oxygens (including phenoxy) is 1. The normalized spacial score (nSPS) is 15.7. The summed E-state index contributed by atoms with van der Waals surface area (Å²) in [5.74, 6) is 0.567. The molecule has 3 rings (SSSR count). The average molecular weight is 449 g/mol. The zero-order valence-electron chi connectivity index (χ0n) is 17.3. The van der Waals surface area contributed by atoms with Crippen LogP contribution < -0.4 is 10.1 Å². The molecule has 6 nitrogen and oxygen atoms in total. The van der Waals surface area contributed by atoms with E-state index in [1.165, 1.54) is 9.87 Å². The summed E-state index contributed by atoms with van der Waals surface area (Å²) in [7, 11) is -3.52. The van der Waals surface area contributed by atoms with Crippen LogP contribution in [-0.2, 0) is 14.8 Å². The van der Waals surface area contributed by atoms with Gasteiger partial charge in [-0.3, -0.25) is 4.79 Å². The molecule has 8 heteroatoms. The summed E-state index contributed by atoms with van der Waals surface area (Å²) in [6, 6.07) is 14.7. The highest BCUT2D eigenvalue weighted by Gasteiger charge is 2.31. The number of thioether (sulfide) groups is 1. The quantitative estimate of drug-likeness (QED) is 0.495. The van der Waals surface area contributed by atoms with Crippen LogP contribution >= 0.6 is 11.8 Å². The molecule has 1 aliphatic heterocycles. The van der Waals surface area contributed by atoms with Gasteiger partial charge in [-0.15, -0.1) is 11.8 Å². The fourth-order valence-corrected chi connectivity index (χ4v) is 5.26. The van der Waals surface area contributed by atoms with E-state index in [1.54, 1.807) is 23.9 Å². The van der Waals surface area contributed by atoms with Crippen LogP contribution in [0.15, 0.2) is 58.3 Å². The number of nitrogens with one attached hydrogen (secondary N) is 1. The SMILES string of the molecule is CSc1ccc(S(=O)(=O)N2CCC(C(=O)NCCOc3ccc(C)cc3)CC2)cc1. The fourth-order valence-electron chi connectivity index (χ4n) is 3.38. The van der Waals surface area contributed by atoms with Crippen molar-refractivity contribution in [2.75, 3.05) is 32.5 Å². The number of hydrogen-bond donors (Lipinski definition) is 1. The van der Waals surface area contributed by atoms with Crippen molar-refractivity contribution < 1.29 is 17.9 Å². The molecule has 2 aromatic carbocycles. The lowest BCUT2D eigenvalue weighted by Crippen LogP contribution is -2.43. The molecule has 30 heavy (non-hydrogen) atoms. The van der Waals surface area contributed by atoms with Crippen molar-refractivity contribution in [2.24, 2.45) is 5.92 Å². The third-order valence-corrected chi connectivity index (χ3v) is 7.87. The molecule has 0 spiro atoms. The third kappa shape index (κ3) is 5.77. The molecule has 0 radical (unpaired) electrons. The van der Waals surface area contributed by atoms with Crippen LogP contribution in [0.1, 0.15) is 18.4 Å². The molecule has 1 amide bonds. The Morgan fingerprint density at radius 2 is 1.73 bits per heavy atom. The summed E-state index contributed by atoms with van der Waals surface area (Å²) < 4.78 is 32.8. The van der Waals surface area contributed by atoms with Crippen molar-refractivity contribution >= 4 is 27.7 Å². The van der Waals surface area contributed by atoms with Crippen LogP contribution in [0.2, 0.25) is 0 Å². The van der Waals surface area contributed by atoms with E-state index in [4.69, 9.17) is 4.74 Å². The number of sulfonamides is 1. The van der Waals surface area contributed by atoms with Crippen LogP contribution in [0.5, 0.6) is 5.75 Å². The molecule has 1 fully saturated rings. The molecule has 162 valence electrons. The Bertz CT molecular complexity index is 936. The lowest BCUT2D eigenvalue weighted by Gasteiger charge is -2.30. The van der Waals surface area contributed by atoms with E-state index in [0.717, 1.165) is 10.6 Å². The van der Waals surface area contributed by atoms with Gasteiger partial charge in [0.25, 0.3) is 0 Å². The fraction of sp³-hybridized carbons (Fsp3) is 0.409. The Kier molecular flexibility index (Phi) is 7.80. The molecule has 1 heterocycles. The average Bonchev–Trinajstić information content (AvgIpc) is 2.78. The number of rotatable bonds is 8. The first-order valence-corrected chi connectivity index (χ1v) is 12.7. The van der Waals surface area contributed by atoms with Crippen molar-refractivity contribution in [1.82, 2.24) is 9.62 Å². The number of benzene rings is 2. The molecule has 0 saturated carbocycles. The lowest BCUT2D eigenvalue weighted by atomic mass is 9.97. The Labute approximate surface area is 183 Å². The van der Waals surface area contributed by atoms with E-state index in [9.17, 15) is 13.2 Å². The largest absolute Gasteiger partial charge is 0.492 e. The molecule has 1 aliphatic rings. The number of nitrogens with zero attached hydrogens (tertiary/aromatic N) is 1. The molecule has 1 N–H and O–H groups in total. The van der Waals surface area contributed by atoms with Crippen molar-refractivity contribution in [3.8, 4) is 5.75 Å². The van der Waals surface area contributed by atoms with Gasteiger partial charge < -0.3 is 10.1 Å². The zero-order valence-corrected chi connectivity index (χ0v) is 19.0. The minimum Gasteiger partial charge on any atom is -0.492 e. The molecule has 2 aromatic rings. The first kappa shape index (κ1) is 22.7. The smallest absolute Gasteiger partial charge is 0.243 e. The predicted molar refractivity (Wildman–Crippen MR) is 119 cm³/mol. The second-order valence-corrected chi connectivity index (χ2v) is 10.1. The number of aryl methyl sites for hydroxylation is 1. The minimum atomic E-state index is -3.52. The van der Waals surface area contributed by atoms with E-state index < -0.39 is 10.0 Å². The second kappa shape index (κ2) is 10.3. The maximum Gasteiger partial charge on any atom is 0.243 e. The van der Waals surface area contributed by atoms with Crippen LogP contribution in [0.25, 0.3) is 0 Å². The van der Waals surface area contributed by atoms with Crippen molar-refractivity contribution in [3.63, 3.8) is 0 Å². The van der Waals surface area contributed by atoms with Gasteiger partial charge in [-0.25, -0.2) is 8.42 Å². The molecule has 0 aromatic heterocycles. The Hall–Kier alpha value is -2.03. The van der Waals surface area contributed by atoms with Gasteiger partial charge in [0, 0.05) is 23.9 Å². The number of carbonyl (C=O) groups is 1. The number of hydrogen-bond acceptors (Lipinski definition) is 5. The minimum absolute atomic E-state index is 0.0381. The van der Waals surface area contributed by atoms with Gasteiger partial charge in [-0.2, -0.15) is 4.31 Å². The van der Waals surface area contributed by atoms with E-state index >= 15 is 0 Å². The molecule has 0 unspecified atom stereocenters. The number of carbonyl (C=O) groups excluding carboxylic acids is 1. The first-order chi connectivity index (χ1) is 14.4. The molecule has 0 aliphatic carbocycles. The van der Waals surface area contributed by atoms with E-state index in [-0.39, 0.29) is 11.8 Å². The van der Waals surface area contributed by atoms with E-state index in [0.29, 0.717) is 44.0 Å². The maximum absolute atomic E-state index is 12.8. The summed E-state index contributed by atoms with van der Waals surface area (Å²) in [4.78, 5) is 13.7. The van der Waals surface area contributed by atoms with Crippen molar-refractivity contribution in [2.45, 2.75) is 29.6 Å². The van der Waals surface area contributed by atoms with Crippen LogP contribution in [0.3, 0.4) is 0 Å². The highest BCUT2D eigenvalue weighted by atomic mass is 32.2. The van der Waals surface area contributed by atoms with Gasteiger partial charge in [0.1, 0.15) is 12.4 Å². The van der Waals surface area contributed by atoms with Crippen LogP contribution in [0, 0.1) is 12.8 Å². The molecule has 1 saturated heterocycles. The Balaban J connectivity index is 1.43. The van der Waals surface area contributed by atoms with Gasteiger partial charge >= 0.3 is 0 Å². The van der Waals surface area contributed by atoms with Crippen LogP contribution in [-0.4, -0.2) is 51.1 Å². The number of amides is 1. The summed E-state index contributed by atoms with van der Waals surface area (Å²) >= 11 is 1.57. The predicted octanol–water partition coefficient (Wildman–Crippen LogP) is 3.31. The highest BCUT2D eigenvalue weighted by molar-refractivity contribution is 7.98. The summed E-state index contributed by atoms with van der Waals surface area (Å²) in [5.41, 5.74) is 1.17. The van der Waals surface area contributed by atoms with Gasteiger partial charge in [-0.05, 0) is 62.4 Å². The first-order valence-electron chi connectivity index (χ1n) is 10.0. The van der Waals surface area contributed by atoms with Gasteiger partial charge in [0.2, 0.25) is 15.9 Å². The number of piperidine rings is 1. The summed E-state index contributed by atoms with van der Waals surface area (Å²) in [6.45, 7) is 3.54. The topological polar surface area (TPSA) is 75.7 Å². The zero-order chi connectivity index (χ0) is 21.6. The van der Waals surface area contributed by atoms with Crippen LogP contribution in [0.4, 0.5) is 0 Å². The second-order valence-electron chi connectivity index (χ2n) is 7.31. The van der Waals surface area contributed by atoms with Gasteiger partial charge in [0.05, 0.1) is 11.4 Å². The highest BCUT2D eigenvalue weighted by Crippen LogP contribution is 2.25. The third-order valence-electron chi connectivity index (χ3n) is 5.21. The van der Waals surface area contributed by atoms with E-state index in [2.05, 4.69) is 5.32 Å². The Morgan fingerprint density at radius 3 is 2.33 bits per heavy atom.